The number of likely N-dealkylation sites (tertiary alicyclic amines) is 1. The van der Waals surface area contributed by atoms with Gasteiger partial charge in [0.2, 0.25) is 11.8 Å². The van der Waals surface area contributed by atoms with Crippen LogP contribution in [-0.4, -0.2) is 48.3 Å². The second kappa shape index (κ2) is 10.2. The van der Waals surface area contributed by atoms with Crippen LogP contribution in [0.5, 0.6) is 0 Å². The number of rotatable bonds is 7. The Morgan fingerprint density at radius 2 is 1.75 bits per heavy atom. The number of carbonyl (C=O) groups excluding carboxylic acids is 3. The molecule has 1 saturated heterocycles. The predicted molar refractivity (Wildman–Crippen MR) is 105 cm³/mol. The van der Waals surface area contributed by atoms with Gasteiger partial charge in [-0.15, -0.1) is 0 Å². The molecule has 1 fully saturated rings. The van der Waals surface area contributed by atoms with Crippen molar-refractivity contribution in [2.45, 2.75) is 46.1 Å². The van der Waals surface area contributed by atoms with Crippen molar-refractivity contribution in [3.8, 4) is 0 Å². The maximum Gasteiger partial charge on any atom is 0.251 e. The summed E-state index contributed by atoms with van der Waals surface area (Å²) in [5, 5.41) is 5.72. The maximum absolute atomic E-state index is 13.1. The lowest BCUT2D eigenvalue weighted by Gasteiger charge is -2.35. The van der Waals surface area contributed by atoms with Crippen molar-refractivity contribution in [2.75, 3.05) is 19.6 Å². The molecule has 1 atom stereocenters. The number of piperidine rings is 1. The minimum atomic E-state index is -0.685. The van der Waals surface area contributed by atoms with Crippen LogP contribution in [0.2, 0.25) is 0 Å². The van der Waals surface area contributed by atoms with E-state index in [0.717, 1.165) is 0 Å². The van der Waals surface area contributed by atoms with Crippen molar-refractivity contribution >= 4 is 17.7 Å². The summed E-state index contributed by atoms with van der Waals surface area (Å²) in [5.41, 5.74) is 0.307. The highest BCUT2D eigenvalue weighted by Crippen LogP contribution is 2.22. The van der Waals surface area contributed by atoms with E-state index in [1.54, 1.807) is 4.90 Å². The fraction of sp³-hybridized carbons (Fsp3) is 0.571. The SMILES string of the molecule is CCC(=O)N1CCC([C@H](NC(=O)c2ccc(F)cc2)C(=O)NCC(C)C)CC1. The lowest BCUT2D eigenvalue weighted by atomic mass is 9.88. The monoisotopic (exact) mass is 391 g/mol. The van der Waals surface area contributed by atoms with Crippen molar-refractivity contribution in [2.24, 2.45) is 11.8 Å². The summed E-state index contributed by atoms with van der Waals surface area (Å²) in [6.07, 6.45) is 1.76. The molecular formula is C21H30FN3O3. The van der Waals surface area contributed by atoms with E-state index in [4.69, 9.17) is 0 Å². The van der Waals surface area contributed by atoms with Crippen LogP contribution in [0.4, 0.5) is 4.39 Å². The zero-order valence-corrected chi connectivity index (χ0v) is 16.8. The molecule has 0 aliphatic carbocycles. The third kappa shape index (κ3) is 6.04. The summed E-state index contributed by atoms with van der Waals surface area (Å²) in [7, 11) is 0. The van der Waals surface area contributed by atoms with Crippen molar-refractivity contribution in [1.82, 2.24) is 15.5 Å². The minimum absolute atomic E-state index is 0.0579. The summed E-state index contributed by atoms with van der Waals surface area (Å²) < 4.78 is 13.1. The van der Waals surface area contributed by atoms with E-state index in [1.165, 1.54) is 24.3 Å². The fourth-order valence-electron chi connectivity index (χ4n) is 3.34. The summed E-state index contributed by atoms with van der Waals surface area (Å²) >= 11 is 0. The number of hydrogen-bond donors (Lipinski definition) is 2. The fourth-order valence-corrected chi connectivity index (χ4v) is 3.34. The molecule has 0 radical (unpaired) electrons. The first-order valence-corrected chi connectivity index (χ1v) is 9.93. The van der Waals surface area contributed by atoms with Crippen LogP contribution in [0.15, 0.2) is 24.3 Å². The standard InChI is InChI=1S/C21H30FN3O3/c1-4-18(26)25-11-9-15(10-12-25)19(21(28)23-13-14(2)3)24-20(27)16-5-7-17(22)8-6-16/h5-8,14-15,19H,4,9-13H2,1-3H3,(H,23,28)(H,24,27)/t19-/m0/s1. The number of amides is 3. The Kier molecular flexibility index (Phi) is 7.96. The van der Waals surface area contributed by atoms with E-state index in [1.807, 2.05) is 20.8 Å². The maximum atomic E-state index is 13.1. The Morgan fingerprint density at radius 3 is 2.29 bits per heavy atom. The van der Waals surface area contributed by atoms with Gasteiger partial charge >= 0.3 is 0 Å². The minimum Gasteiger partial charge on any atom is -0.354 e. The highest BCUT2D eigenvalue weighted by atomic mass is 19.1. The molecule has 1 aromatic rings. The van der Waals surface area contributed by atoms with Gasteiger partial charge in [0, 0.05) is 31.6 Å². The number of hydrogen-bond acceptors (Lipinski definition) is 3. The molecule has 28 heavy (non-hydrogen) atoms. The summed E-state index contributed by atoms with van der Waals surface area (Å²) in [4.78, 5) is 39.1. The molecule has 1 heterocycles. The molecule has 2 rings (SSSR count). The predicted octanol–water partition coefficient (Wildman–Crippen LogP) is 2.34. The van der Waals surface area contributed by atoms with Crippen molar-refractivity contribution < 1.29 is 18.8 Å². The Labute approximate surface area is 165 Å². The zero-order chi connectivity index (χ0) is 20.7. The Bertz CT molecular complexity index is 683. The summed E-state index contributed by atoms with van der Waals surface area (Å²) in [6.45, 7) is 7.52. The zero-order valence-electron chi connectivity index (χ0n) is 16.8. The molecule has 7 heteroatoms. The Hall–Kier alpha value is -2.44. The summed E-state index contributed by atoms with van der Waals surface area (Å²) in [5.74, 6) is -0.703. The summed E-state index contributed by atoms with van der Waals surface area (Å²) in [6, 6.07) is 4.55. The largest absolute Gasteiger partial charge is 0.354 e. The molecule has 0 bridgehead atoms. The van der Waals surface area contributed by atoms with Crippen molar-refractivity contribution in [1.29, 1.82) is 0 Å². The molecule has 1 aliphatic heterocycles. The first-order valence-electron chi connectivity index (χ1n) is 9.93. The molecule has 1 aliphatic rings. The van der Waals surface area contributed by atoms with Gasteiger partial charge in [0.05, 0.1) is 0 Å². The lowest BCUT2D eigenvalue weighted by molar-refractivity contribution is -0.132. The van der Waals surface area contributed by atoms with Gasteiger partial charge in [-0.25, -0.2) is 4.39 Å². The number of carbonyl (C=O) groups is 3. The van der Waals surface area contributed by atoms with E-state index in [-0.39, 0.29) is 17.7 Å². The molecule has 0 unspecified atom stereocenters. The van der Waals surface area contributed by atoms with Crippen LogP contribution in [-0.2, 0) is 9.59 Å². The molecule has 1 aromatic carbocycles. The van der Waals surface area contributed by atoms with Crippen LogP contribution >= 0.6 is 0 Å². The highest BCUT2D eigenvalue weighted by molar-refractivity contribution is 5.97. The molecular weight excluding hydrogens is 361 g/mol. The molecule has 2 N–H and O–H groups in total. The first-order chi connectivity index (χ1) is 13.3. The topological polar surface area (TPSA) is 78.5 Å². The molecule has 3 amide bonds. The number of nitrogens with one attached hydrogen (secondary N) is 2. The first kappa shape index (κ1) is 21.9. The van der Waals surface area contributed by atoms with Crippen molar-refractivity contribution in [3.05, 3.63) is 35.6 Å². The average molecular weight is 391 g/mol. The lowest BCUT2D eigenvalue weighted by Crippen LogP contribution is -2.54. The van der Waals surface area contributed by atoms with E-state index >= 15 is 0 Å². The molecule has 0 saturated carbocycles. The molecule has 0 aromatic heterocycles. The second-order valence-electron chi connectivity index (χ2n) is 7.67. The van der Waals surface area contributed by atoms with Gasteiger partial charge in [-0.1, -0.05) is 20.8 Å². The van der Waals surface area contributed by atoms with E-state index in [2.05, 4.69) is 10.6 Å². The molecule has 6 nitrogen and oxygen atoms in total. The average Bonchev–Trinajstić information content (AvgIpc) is 2.70. The Balaban J connectivity index is 2.08. The van der Waals surface area contributed by atoms with Gasteiger partial charge in [0.1, 0.15) is 11.9 Å². The third-order valence-corrected chi connectivity index (χ3v) is 5.03. The van der Waals surface area contributed by atoms with Gasteiger partial charge in [-0.2, -0.15) is 0 Å². The van der Waals surface area contributed by atoms with Gasteiger partial charge in [-0.3, -0.25) is 14.4 Å². The van der Waals surface area contributed by atoms with Gasteiger partial charge in [0.25, 0.3) is 5.91 Å². The normalized spacial score (nSPS) is 16.0. The van der Waals surface area contributed by atoms with Crippen LogP contribution in [0.3, 0.4) is 0 Å². The smallest absolute Gasteiger partial charge is 0.251 e. The highest BCUT2D eigenvalue weighted by Gasteiger charge is 2.33. The van der Waals surface area contributed by atoms with E-state index in [0.29, 0.717) is 50.4 Å². The van der Waals surface area contributed by atoms with Crippen LogP contribution in [0.1, 0.15) is 50.4 Å². The van der Waals surface area contributed by atoms with Gasteiger partial charge < -0.3 is 15.5 Å². The van der Waals surface area contributed by atoms with E-state index < -0.39 is 17.8 Å². The third-order valence-electron chi connectivity index (χ3n) is 5.03. The van der Waals surface area contributed by atoms with Crippen LogP contribution in [0.25, 0.3) is 0 Å². The van der Waals surface area contributed by atoms with Gasteiger partial charge in [0.15, 0.2) is 0 Å². The van der Waals surface area contributed by atoms with Crippen molar-refractivity contribution in [3.63, 3.8) is 0 Å². The second-order valence-corrected chi connectivity index (χ2v) is 7.67. The number of benzene rings is 1. The number of nitrogens with zero attached hydrogens (tertiary/aromatic N) is 1. The quantitative estimate of drug-likeness (QED) is 0.749. The van der Waals surface area contributed by atoms with Crippen LogP contribution < -0.4 is 10.6 Å². The molecule has 154 valence electrons. The van der Waals surface area contributed by atoms with Crippen LogP contribution in [0, 0.1) is 17.7 Å². The van der Waals surface area contributed by atoms with E-state index in [9.17, 15) is 18.8 Å². The molecule has 0 spiro atoms. The van der Waals surface area contributed by atoms with Gasteiger partial charge in [-0.05, 0) is 48.9 Å². The number of halogens is 1. The Morgan fingerprint density at radius 1 is 1.14 bits per heavy atom.